The van der Waals surface area contributed by atoms with Gasteiger partial charge in [-0.25, -0.2) is 14.4 Å². The zero-order valence-corrected chi connectivity index (χ0v) is 37.7. The third-order valence-corrected chi connectivity index (χ3v) is 12.4. The molecule has 0 bridgehead atoms. The predicted octanol–water partition coefficient (Wildman–Crippen LogP) is -4.30. The third-order valence-electron chi connectivity index (χ3n) is 11.7. The molecular formula is C39H55B9O11S. The van der Waals surface area contributed by atoms with Crippen molar-refractivity contribution in [3.8, 4) is 0 Å². The Kier molecular flexibility index (Phi) is 18.0. The van der Waals surface area contributed by atoms with Gasteiger partial charge in [-0.2, -0.15) is 8.42 Å². The summed E-state index contributed by atoms with van der Waals surface area (Å²) >= 11 is 0. The van der Waals surface area contributed by atoms with Crippen LogP contribution in [0.2, 0.25) is 0 Å². The maximum absolute atomic E-state index is 14.4. The minimum absolute atomic E-state index is 0.139. The van der Waals surface area contributed by atoms with E-state index in [1.807, 2.05) is 76.7 Å². The second-order valence-electron chi connectivity index (χ2n) is 15.4. The molecule has 1 N–H and O–H groups in total. The van der Waals surface area contributed by atoms with Crippen LogP contribution in [0.1, 0.15) is 94.0 Å². The number of benzene rings is 3. The van der Waals surface area contributed by atoms with Crippen LogP contribution in [-0.2, 0) is 90.7 Å². The van der Waals surface area contributed by atoms with Crippen molar-refractivity contribution in [2.75, 3.05) is 12.4 Å². The van der Waals surface area contributed by atoms with Gasteiger partial charge in [0.15, 0.2) is 0 Å². The van der Waals surface area contributed by atoms with Gasteiger partial charge < -0.3 is 18.9 Å². The van der Waals surface area contributed by atoms with E-state index < -0.39 is 70.6 Å². The summed E-state index contributed by atoms with van der Waals surface area (Å²) in [5, 5.41) is 0. The summed E-state index contributed by atoms with van der Waals surface area (Å²) in [5.41, 5.74) is 9.44. The highest BCUT2D eigenvalue weighted by Crippen LogP contribution is 2.36. The molecular weight excluding hydrogens is 774 g/mol. The molecule has 0 aliphatic heterocycles. The van der Waals surface area contributed by atoms with Gasteiger partial charge in [0.2, 0.25) is 0 Å². The summed E-state index contributed by atoms with van der Waals surface area (Å²) in [7, 11) is 13.4. The quantitative estimate of drug-likeness (QED) is 0.0540. The smallest absolute Gasteiger partial charge is 0.338 e. The van der Waals surface area contributed by atoms with Crippen LogP contribution in [0.5, 0.6) is 0 Å². The van der Waals surface area contributed by atoms with E-state index in [1.54, 1.807) is 12.1 Å². The van der Waals surface area contributed by atoms with E-state index >= 15 is 0 Å². The molecule has 1 aliphatic rings. The van der Waals surface area contributed by atoms with Crippen LogP contribution in [0, 0.1) is 5.92 Å². The van der Waals surface area contributed by atoms with Gasteiger partial charge in [-0.1, -0.05) is 108 Å². The molecule has 2 unspecified atom stereocenters. The first-order valence-electron chi connectivity index (χ1n) is 21.8. The maximum Gasteiger partial charge on any atom is 0.338 e. The highest BCUT2D eigenvalue weighted by molar-refractivity contribution is 7.85. The van der Waals surface area contributed by atoms with E-state index in [-0.39, 0.29) is 12.8 Å². The van der Waals surface area contributed by atoms with Gasteiger partial charge in [-0.05, 0) is 34.9 Å². The Labute approximate surface area is 363 Å². The normalized spacial score (nSPS) is 17.7. The fraction of sp³-hybridized carbons (Fsp3) is 0.436. The fourth-order valence-corrected chi connectivity index (χ4v) is 8.80. The van der Waals surface area contributed by atoms with Crippen molar-refractivity contribution in [2.45, 2.75) is 88.0 Å². The van der Waals surface area contributed by atoms with E-state index in [9.17, 15) is 32.1 Å². The molecule has 11 nitrogen and oxygen atoms in total. The summed E-state index contributed by atoms with van der Waals surface area (Å²) in [6.07, 6.45) is 1.84. The van der Waals surface area contributed by atoms with Crippen LogP contribution in [0.4, 0.5) is 0 Å². The predicted molar refractivity (Wildman–Crippen MR) is 257 cm³/mol. The van der Waals surface area contributed by atoms with Crippen LogP contribution >= 0.6 is 0 Å². The molecule has 3 aromatic carbocycles. The summed E-state index contributed by atoms with van der Waals surface area (Å²) in [5.74, 6) is -5.30. The molecule has 310 valence electrons. The minimum Gasteiger partial charge on any atom is -0.464 e. The highest BCUT2D eigenvalue weighted by atomic mass is 32.2. The standard InChI is InChI=1S/C39H55B9O11S/c40-11-20-3-23(14-43)30(17-46)27(6-20)36(49)57-26-9-33(58-37(50)28-7-21(12-41)4-24(15-44)31(28)18-47)35(39(52)56-1-2-60(53,54)55)34(10-26)59-38(51)29-8-22(13-42)5-25(16-45)32(29)19-48/h3-8,26,33-35H,1-2,9-19,40-48H2,(H,53,54,55). The molecule has 3 aromatic rings. The van der Waals surface area contributed by atoms with Crippen molar-refractivity contribution < 1.29 is 51.1 Å². The Morgan fingerprint density at radius 1 is 0.533 bits per heavy atom. The highest BCUT2D eigenvalue weighted by Gasteiger charge is 2.49. The second kappa shape index (κ2) is 22.2. The first-order chi connectivity index (χ1) is 28.6. The molecule has 4 rings (SSSR count). The van der Waals surface area contributed by atoms with E-state index in [1.165, 1.54) is 0 Å². The number of hydrogen-bond acceptors (Lipinski definition) is 10. The van der Waals surface area contributed by atoms with Crippen molar-refractivity contribution in [1.29, 1.82) is 0 Å². The summed E-state index contributed by atoms with van der Waals surface area (Å²) in [6, 6.07) is 11.7. The summed E-state index contributed by atoms with van der Waals surface area (Å²) in [6.45, 7) is -0.696. The number of carbonyl (C=O) groups excluding carboxylic acids is 4. The van der Waals surface area contributed by atoms with Crippen LogP contribution in [-0.4, -0.2) is 138 Å². The monoisotopic (exact) mass is 830 g/mol. The molecule has 60 heavy (non-hydrogen) atoms. The first kappa shape index (κ1) is 48.7. The Morgan fingerprint density at radius 2 is 0.883 bits per heavy atom. The summed E-state index contributed by atoms with van der Waals surface area (Å²) in [4.78, 5) is 57.2. The number of rotatable bonds is 19. The fourth-order valence-electron chi connectivity index (χ4n) is 8.50. The largest absolute Gasteiger partial charge is 0.464 e. The van der Waals surface area contributed by atoms with Crippen molar-refractivity contribution in [2.24, 2.45) is 5.92 Å². The second-order valence-corrected chi connectivity index (χ2v) is 17.0. The molecule has 21 heteroatoms. The Bertz CT molecular complexity index is 2080. The number of carbonyl (C=O) groups is 4. The van der Waals surface area contributed by atoms with Gasteiger partial charge in [0.05, 0.1) is 16.7 Å². The van der Waals surface area contributed by atoms with E-state index in [0.29, 0.717) is 67.3 Å². The maximum atomic E-state index is 14.4. The van der Waals surface area contributed by atoms with Crippen molar-refractivity contribution in [3.05, 3.63) is 103 Å². The van der Waals surface area contributed by atoms with Gasteiger partial charge in [-0.3, -0.25) is 9.35 Å². The molecule has 0 amide bonds. The molecule has 1 fully saturated rings. The number of hydrogen-bond donors (Lipinski definition) is 1. The Balaban J connectivity index is 1.87. The zero-order valence-electron chi connectivity index (χ0n) is 36.9. The average Bonchev–Trinajstić information content (AvgIpc) is 3.23. The average molecular weight is 829 g/mol. The lowest BCUT2D eigenvalue weighted by atomic mass is 9.80. The molecule has 0 heterocycles. The van der Waals surface area contributed by atoms with Crippen LogP contribution < -0.4 is 0 Å². The van der Waals surface area contributed by atoms with E-state index in [2.05, 4.69) is 18.2 Å². The number of esters is 4. The molecule has 0 aromatic heterocycles. The SMILES string of the molecule is BCc1cc(CB)c(CB)c(C(=O)OC2CC(OC(=O)c3cc(CB)cc(CB)c3CB)C(C(=O)OCCS(=O)(=O)O)C(OC(=O)c3cc(CB)cc(CB)c3CB)C2)c1. The van der Waals surface area contributed by atoms with Gasteiger partial charge >= 0.3 is 23.9 Å². The molecule has 1 aliphatic carbocycles. The Hall–Kier alpha value is -3.97. The summed E-state index contributed by atoms with van der Waals surface area (Å²) < 4.78 is 56.9. The van der Waals surface area contributed by atoms with Gasteiger partial charge in [0.1, 0.15) is 107 Å². The van der Waals surface area contributed by atoms with Gasteiger partial charge in [0.25, 0.3) is 10.1 Å². The molecule has 0 spiro atoms. The van der Waals surface area contributed by atoms with Crippen molar-refractivity contribution in [3.63, 3.8) is 0 Å². The lowest BCUT2D eigenvalue weighted by molar-refractivity contribution is -0.165. The lowest BCUT2D eigenvalue weighted by Gasteiger charge is -2.39. The minimum atomic E-state index is -4.50. The van der Waals surface area contributed by atoms with Gasteiger partial charge in [-0.15, -0.1) is 0 Å². The van der Waals surface area contributed by atoms with E-state index in [0.717, 1.165) is 56.4 Å². The van der Waals surface area contributed by atoms with Crippen LogP contribution in [0.3, 0.4) is 0 Å². The first-order valence-corrected chi connectivity index (χ1v) is 23.4. The van der Waals surface area contributed by atoms with Crippen LogP contribution in [0.15, 0.2) is 36.4 Å². The van der Waals surface area contributed by atoms with E-state index in [4.69, 9.17) is 18.9 Å². The third kappa shape index (κ3) is 11.9. The van der Waals surface area contributed by atoms with Crippen LogP contribution in [0.25, 0.3) is 0 Å². The topological polar surface area (TPSA) is 160 Å². The zero-order chi connectivity index (χ0) is 44.3. The van der Waals surface area contributed by atoms with Gasteiger partial charge in [0, 0.05) is 12.8 Å². The molecule has 1 saturated carbocycles. The molecule has 0 radical (unpaired) electrons. The number of ether oxygens (including phenoxy) is 4. The molecule has 2 atom stereocenters. The lowest BCUT2D eigenvalue weighted by Crippen LogP contribution is -2.51. The molecule has 0 saturated heterocycles. The van der Waals surface area contributed by atoms with Crippen molar-refractivity contribution >= 4 is 105 Å². The van der Waals surface area contributed by atoms with Crippen molar-refractivity contribution in [1.82, 2.24) is 0 Å². The Morgan fingerprint density at radius 3 is 1.18 bits per heavy atom.